The van der Waals surface area contributed by atoms with Gasteiger partial charge >= 0.3 is 0 Å². The first-order chi connectivity index (χ1) is 14.9. The number of methoxy groups -OCH3 is 1. The lowest BCUT2D eigenvalue weighted by atomic mass is 9.94. The Bertz CT molecular complexity index is 1000. The van der Waals surface area contributed by atoms with Crippen molar-refractivity contribution in [1.82, 2.24) is 4.90 Å². The molecule has 6 nitrogen and oxygen atoms in total. The summed E-state index contributed by atoms with van der Waals surface area (Å²) in [4.78, 5) is 27.3. The lowest BCUT2D eigenvalue weighted by molar-refractivity contribution is -0.140. The van der Waals surface area contributed by atoms with E-state index >= 15 is 0 Å². The Hall–Kier alpha value is -2.83. The highest BCUT2D eigenvalue weighted by Gasteiger charge is 2.45. The number of hydrogen-bond donors (Lipinski definition) is 1. The lowest BCUT2D eigenvalue weighted by Crippen LogP contribution is -2.31. The molecule has 1 N–H and O–H groups in total. The Balaban J connectivity index is 2.10. The molecule has 0 aromatic heterocycles. The van der Waals surface area contributed by atoms with Crippen LogP contribution in [-0.2, 0) is 14.3 Å². The van der Waals surface area contributed by atoms with Crippen LogP contribution in [-0.4, -0.2) is 48.6 Å². The summed E-state index contributed by atoms with van der Waals surface area (Å²) in [6, 6.07) is 11.4. The third kappa shape index (κ3) is 4.75. The van der Waals surface area contributed by atoms with Crippen LogP contribution in [0.25, 0.3) is 5.76 Å². The predicted molar refractivity (Wildman–Crippen MR) is 119 cm³/mol. The van der Waals surface area contributed by atoms with Crippen LogP contribution in [0, 0.1) is 6.92 Å². The smallest absolute Gasteiger partial charge is 0.295 e. The number of carbonyl (C=O) groups is 2. The third-order valence-electron chi connectivity index (χ3n) is 5.22. The van der Waals surface area contributed by atoms with Gasteiger partial charge in [0.05, 0.1) is 18.2 Å². The van der Waals surface area contributed by atoms with Crippen LogP contribution in [0.2, 0.25) is 5.02 Å². The van der Waals surface area contributed by atoms with Crippen LogP contribution >= 0.6 is 11.6 Å². The first kappa shape index (κ1) is 22.8. The van der Waals surface area contributed by atoms with E-state index in [1.54, 1.807) is 49.6 Å². The summed E-state index contributed by atoms with van der Waals surface area (Å²) < 4.78 is 10.7. The van der Waals surface area contributed by atoms with Gasteiger partial charge in [-0.2, -0.15) is 0 Å². The number of ether oxygens (including phenoxy) is 2. The molecule has 1 unspecified atom stereocenters. The molecule has 164 valence electrons. The van der Waals surface area contributed by atoms with Crippen LogP contribution in [0.3, 0.4) is 0 Å². The van der Waals surface area contributed by atoms with Crippen molar-refractivity contribution in [2.45, 2.75) is 26.3 Å². The molecule has 31 heavy (non-hydrogen) atoms. The summed E-state index contributed by atoms with van der Waals surface area (Å²) in [5.41, 5.74) is 2.04. The highest BCUT2D eigenvalue weighted by atomic mass is 35.5. The van der Waals surface area contributed by atoms with Crippen LogP contribution in [0.4, 0.5) is 0 Å². The number of aliphatic hydroxyl groups is 1. The van der Waals surface area contributed by atoms with Gasteiger partial charge in [-0.05, 0) is 61.7 Å². The number of Topliss-reactive ketones (excluding diaryl/α,β-unsaturated/α-hetero) is 1. The zero-order valence-electron chi connectivity index (χ0n) is 17.9. The average Bonchev–Trinajstić information content (AvgIpc) is 3.00. The number of aryl methyl sites for hydroxylation is 1. The number of halogens is 1. The summed E-state index contributed by atoms with van der Waals surface area (Å²) in [5.74, 6) is -0.853. The maximum absolute atomic E-state index is 13.0. The van der Waals surface area contributed by atoms with Crippen LogP contribution < -0.4 is 4.74 Å². The van der Waals surface area contributed by atoms with Crippen LogP contribution in [0.15, 0.2) is 48.0 Å². The molecule has 1 aliphatic rings. The number of likely N-dealkylation sites (tertiary alicyclic amines) is 1. The molecule has 0 spiro atoms. The topological polar surface area (TPSA) is 76.1 Å². The Morgan fingerprint density at radius 2 is 1.87 bits per heavy atom. The molecule has 1 atom stereocenters. The van der Waals surface area contributed by atoms with Crippen molar-refractivity contribution >= 4 is 29.1 Å². The predicted octanol–water partition coefficient (Wildman–Crippen LogP) is 4.51. The zero-order valence-corrected chi connectivity index (χ0v) is 18.6. The van der Waals surface area contributed by atoms with Gasteiger partial charge in [0.25, 0.3) is 11.7 Å². The molecular weight excluding hydrogens is 418 g/mol. The number of aliphatic hydroxyl groups excluding tert-OH is 1. The van der Waals surface area contributed by atoms with Gasteiger partial charge in [0.2, 0.25) is 0 Å². The largest absolute Gasteiger partial charge is 0.507 e. The minimum Gasteiger partial charge on any atom is -0.507 e. The number of carbonyl (C=O) groups excluding carboxylic acids is 2. The average molecular weight is 444 g/mol. The van der Waals surface area contributed by atoms with Gasteiger partial charge in [0.1, 0.15) is 11.5 Å². The summed E-state index contributed by atoms with van der Waals surface area (Å²) in [5, 5.41) is 11.7. The van der Waals surface area contributed by atoms with E-state index in [0.29, 0.717) is 48.1 Å². The minimum atomic E-state index is -0.707. The van der Waals surface area contributed by atoms with Gasteiger partial charge in [-0.3, -0.25) is 9.59 Å². The SMILES string of the molecule is CCOc1ccc(/C(O)=C2/C(=O)C(=O)N(CCCOC)C2c2ccc(Cl)cc2)cc1C. The molecule has 1 aliphatic heterocycles. The Morgan fingerprint density at radius 1 is 1.16 bits per heavy atom. The molecule has 0 saturated carbocycles. The molecule has 1 heterocycles. The summed E-state index contributed by atoms with van der Waals surface area (Å²) >= 11 is 6.03. The normalized spacial score (nSPS) is 17.9. The van der Waals surface area contributed by atoms with E-state index in [4.69, 9.17) is 21.1 Å². The van der Waals surface area contributed by atoms with Crippen LogP contribution in [0.1, 0.15) is 36.1 Å². The number of rotatable bonds is 8. The molecule has 7 heteroatoms. The third-order valence-corrected chi connectivity index (χ3v) is 5.47. The van der Waals surface area contributed by atoms with Crippen LogP contribution in [0.5, 0.6) is 5.75 Å². The highest BCUT2D eigenvalue weighted by Crippen LogP contribution is 2.40. The monoisotopic (exact) mass is 443 g/mol. The molecule has 1 fully saturated rings. The maximum Gasteiger partial charge on any atom is 0.295 e. The van der Waals surface area contributed by atoms with Crippen molar-refractivity contribution in [1.29, 1.82) is 0 Å². The van der Waals surface area contributed by atoms with Gasteiger partial charge in [-0.1, -0.05) is 23.7 Å². The molecular formula is C24H26ClNO5. The van der Waals surface area contributed by atoms with Crippen molar-refractivity contribution in [3.05, 3.63) is 69.8 Å². The Labute approximate surface area is 187 Å². The van der Waals surface area contributed by atoms with E-state index in [1.807, 2.05) is 13.8 Å². The van der Waals surface area contributed by atoms with Crippen molar-refractivity contribution in [2.24, 2.45) is 0 Å². The minimum absolute atomic E-state index is 0.0632. The van der Waals surface area contributed by atoms with Gasteiger partial charge in [0.15, 0.2) is 0 Å². The molecule has 1 amide bonds. The van der Waals surface area contributed by atoms with Crippen molar-refractivity contribution in [2.75, 3.05) is 26.9 Å². The zero-order chi connectivity index (χ0) is 22.5. The van der Waals surface area contributed by atoms with Crippen molar-refractivity contribution < 1.29 is 24.2 Å². The number of hydrogen-bond acceptors (Lipinski definition) is 5. The Kier molecular flexibility index (Phi) is 7.36. The molecule has 0 radical (unpaired) electrons. The fourth-order valence-electron chi connectivity index (χ4n) is 3.75. The maximum atomic E-state index is 13.0. The number of benzene rings is 2. The fourth-order valence-corrected chi connectivity index (χ4v) is 3.88. The molecule has 2 aromatic carbocycles. The van der Waals surface area contributed by atoms with E-state index in [0.717, 1.165) is 5.56 Å². The van der Waals surface area contributed by atoms with Gasteiger partial charge in [0, 0.05) is 30.8 Å². The Morgan fingerprint density at radius 3 is 2.48 bits per heavy atom. The number of nitrogens with zero attached hydrogens (tertiary/aromatic N) is 1. The van der Waals surface area contributed by atoms with Gasteiger partial charge in [-0.25, -0.2) is 0 Å². The lowest BCUT2D eigenvalue weighted by Gasteiger charge is -2.25. The molecule has 1 saturated heterocycles. The molecule has 0 aliphatic carbocycles. The highest BCUT2D eigenvalue weighted by molar-refractivity contribution is 6.46. The second-order valence-corrected chi connectivity index (χ2v) is 7.74. The van der Waals surface area contributed by atoms with E-state index in [-0.39, 0.29) is 11.3 Å². The van der Waals surface area contributed by atoms with Gasteiger partial charge < -0.3 is 19.5 Å². The quantitative estimate of drug-likeness (QED) is 0.281. The van der Waals surface area contributed by atoms with E-state index in [2.05, 4.69) is 0 Å². The summed E-state index contributed by atoms with van der Waals surface area (Å²) in [6.45, 7) is 5.06. The van der Waals surface area contributed by atoms with Gasteiger partial charge in [-0.15, -0.1) is 0 Å². The van der Waals surface area contributed by atoms with Crippen molar-refractivity contribution in [3.63, 3.8) is 0 Å². The second-order valence-electron chi connectivity index (χ2n) is 7.30. The molecule has 0 bridgehead atoms. The van der Waals surface area contributed by atoms with E-state index in [9.17, 15) is 14.7 Å². The second kappa shape index (κ2) is 9.98. The van der Waals surface area contributed by atoms with Crippen molar-refractivity contribution in [3.8, 4) is 5.75 Å². The number of amides is 1. The van der Waals surface area contributed by atoms with E-state index in [1.165, 1.54) is 4.90 Å². The first-order valence-electron chi connectivity index (χ1n) is 10.2. The van der Waals surface area contributed by atoms with E-state index < -0.39 is 17.7 Å². The molecule has 3 rings (SSSR count). The molecule has 2 aromatic rings. The fraction of sp³-hybridized carbons (Fsp3) is 0.333. The first-order valence-corrected chi connectivity index (χ1v) is 10.5. The summed E-state index contributed by atoms with van der Waals surface area (Å²) in [7, 11) is 1.58. The standard InChI is InChI=1S/C24H26ClNO5/c1-4-31-19-11-8-17(14-15(19)2)22(27)20-21(16-6-9-18(25)10-7-16)26(12-5-13-30-3)24(29)23(20)28/h6-11,14,21,27H,4-5,12-13H2,1-3H3/b22-20-. The summed E-state index contributed by atoms with van der Waals surface area (Å²) in [6.07, 6.45) is 0.565. The number of ketones is 1.